The number of hydrogen-bond donors (Lipinski definition) is 6. The molecule has 0 saturated heterocycles. The standard InChI is InChI=1S/C17H27N3O8/c1-19(16(6-21,7-22)8-23)14(27)12-4-3-5-13(18-12)15(28)20(2)17(9-24,10-25)11-26/h3-5,21-26H,6-11H2,1-2H3. The van der Waals surface area contributed by atoms with Gasteiger partial charge in [-0.05, 0) is 12.1 Å². The second-order valence-electron chi connectivity index (χ2n) is 6.53. The third kappa shape index (κ3) is 4.29. The summed E-state index contributed by atoms with van der Waals surface area (Å²) < 4.78 is 0. The molecule has 6 N–H and O–H groups in total. The van der Waals surface area contributed by atoms with Gasteiger partial charge in [-0.15, -0.1) is 0 Å². The molecule has 0 atom stereocenters. The summed E-state index contributed by atoms with van der Waals surface area (Å²) in [4.78, 5) is 31.2. The first-order valence-corrected chi connectivity index (χ1v) is 8.41. The summed E-state index contributed by atoms with van der Waals surface area (Å²) in [5.74, 6) is -1.51. The summed E-state index contributed by atoms with van der Waals surface area (Å²) in [7, 11) is 2.53. The molecule has 0 radical (unpaired) electrons. The molecule has 0 unspecified atom stereocenters. The molecule has 0 bridgehead atoms. The third-order valence-electron chi connectivity index (χ3n) is 4.99. The van der Waals surface area contributed by atoms with Gasteiger partial charge in [0.05, 0.1) is 39.6 Å². The zero-order valence-corrected chi connectivity index (χ0v) is 15.8. The largest absolute Gasteiger partial charge is 0.394 e. The molecule has 1 heterocycles. The van der Waals surface area contributed by atoms with E-state index in [0.29, 0.717) is 0 Å². The van der Waals surface area contributed by atoms with Crippen LogP contribution < -0.4 is 0 Å². The lowest BCUT2D eigenvalue weighted by Crippen LogP contribution is -2.58. The molecule has 0 aliphatic carbocycles. The maximum Gasteiger partial charge on any atom is 0.272 e. The lowest BCUT2D eigenvalue weighted by atomic mass is 10.0. The van der Waals surface area contributed by atoms with Gasteiger partial charge in [0.15, 0.2) is 0 Å². The predicted octanol–water partition coefficient (Wildman–Crippen LogP) is -3.34. The number of likely N-dealkylation sites (N-methyl/N-ethyl adjacent to an activating group) is 2. The Morgan fingerprint density at radius 1 is 0.750 bits per heavy atom. The van der Waals surface area contributed by atoms with E-state index < -0.39 is 62.5 Å². The van der Waals surface area contributed by atoms with Gasteiger partial charge in [0.2, 0.25) is 0 Å². The van der Waals surface area contributed by atoms with E-state index in [4.69, 9.17) is 0 Å². The van der Waals surface area contributed by atoms with Crippen molar-refractivity contribution in [3.05, 3.63) is 29.6 Å². The van der Waals surface area contributed by atoms with Crippen LogP contribution in [0, 0.1) is 0 Å². The lowest BCUT2D eigenvalue weighted by Gasteiger charge is -2.38. The molecular weight excluding hydrogens is 374 g/mol. The highest BCUT2D eigenvalue weighted by atomic mass is 16.3. The van der Waals surface area contributed by atoms with Crippen molar-refractivity contribution in [3.63, 3.8) is 0 Å². The van der Waals surface area contributed by atoms with E-state index in [9.17, 15) is 40.2 Å². The highest BCUT2D eigenvalue weighted by molar-refractivity contribution is 5.96. The van der Waals surface area contributed by atoms with Crippen LogP contribution in [0.3, 0.4) is 0 Å². The topological polar surface area (TPSA) is 175 Å². The number of aliphatic hydroxyl groups is 6. The van der Waals surface area contributed by atoms with Crippen LogP contribution in [-0.2, 0) is 0 Å². The minimum atomic E-state index is -1.62. The Balaban J connectivity index is 3.22. The number of pyridine rings is 1. The fourth-order valence-corrected chi connectivity index (χ4v) is 2.38. The fourth-order valence-electron chi connectivity index (χ4n) is 2.38. The summed E-state index contributed by atoms with van der Waals surface area (Å²) >= 11 is 0. The Morgan fingerprint density at radius 3 is 1.29 bits per heavy atom. The van der Waals surface area contributed by atoms with Crippen molar-refractivity contribution in [1.29, 1.82) is 0 Å². The minimum Gasteiger partial charge on any atom is -0.394 e. The normalized spacial score (nSPS) is 12.0. The molecule has 0 aliphatic heterocycles. The molecule has 0 aromatic carbocycles. The number of aliphatic hydroxyl groups excluding tert-OH is 6. The van der Waals surface area contributed by atoms with Crippen molar-refractivity contribution >= 4 is 11.8 Å². The van der Waals surface area contributed by atoms with E-state index in [1.54, 1.807) is 0 Å². The summed E-state index contributed by atoms with van der Waals surface area (Å²) in [5.41, 5.74) is -3.61. The smallest absolute Gasteiger partial charge is 0.272 e. The molecule has 11 heteroatoms. The molecule has 1 rings (SSSR count). The van der Waals surface area contributed by atoms with Gasteiger partial charge >= 0.3 is 0 Å². The maximum absolute atomic E-state index is 12.7. The highest BCUT2D eigenvalue weighted by Crippen LogP contribution is 2.18. The number of hydrogen-bond acceptors (Lipinski definition) is 9. The van der Waals surface area contributed by atoms with E-state index >= 15 is 0 Å². The zero-order chi connectivity index (χ0) is 21.5. The molecular formula is C17H27N3O8. The van der Waals surface area contributed by atoms with Crippen LogP contribution in [-0.4, -0.2) is 122 Å². The van der Waals surface area contributed by atoms with Crippen LogP contribution in [0.2, 0.25) is 0 Å². The van der Waals surface area contributed by atoms with Crippen LogP contribution in [0.15, 0.2) is 18.2 Å². The van der Waals surface area contributed by atoms with E-state index in [1.807, 2.05) is 0 Å². The van der Waals surface area contributed by atoms with Crippen LogP contribution in [0.4, 0.5) is 0 Å². The van der Waals surface area contributed by atoms with E-state index in [-0.39, 0.29) is 11.4 Å². The number of carbonyl (C=O) groups excluding carboxylic acids is 2. The van der Waals surface area contributed by atoms with Crippen molar-refractivity contribution in [1.82, 2.24) is 14.8 Å². The van der Waals surface area contributed by atoms with Gasteiger partial charge in [0.1, 0.15) is 22.5 Å². The Bertz CT molecular complexity index is 606. The van der Waals surface area contributed by atoms with Gasteiger partial charge in [-0.1, -0.05) is 6.07 Å². The van der Waals surface area contributed by atoms with E-state index in [1.165, 1.54) is 32.3 Å². The van der Waals surface area contributed by atoms with Crippen LogP contribution in [0.5, 0.6) is 0 Å². The monoisotopic (exact) mass is 401 g/mol. The summed E-state index contributed by atoms with van der Waals surface area (Å²) in [6.07, 6.45) is 0. The Kier molecular flexibility index (Phi) is 8.42. The zero-order valence-electron chi connectivity index (χ0n) is 15.8. The van der Waals surface area contributed by atoms with Crippen molar-refractivity contribution in [2.24, 2.45) is 0 Å². The number of aromatic nitrogens is 1. The van der Waals surface area contributed by atoms with Crippen LogP contribution in [0.1, 0.15) is 21.0 Å². The molecule has 1 aromatic heterocycles. The molecule has 11 nitrogen and oxygen atoms in total. The van der Waals surface area contributed by atoms with Crippen LogP contribution in [0.25, 0.3) is 0 Å². The van der Waals surface area contributed by atoms with Crippen molar-refractivity contribution in [2.75, 3.05) is 53.7 Å². The maximum atomic E-state index is 12.7. The molecule has 0 fully saturated rings. The third-order valence-corrected chi connectivity index (χ3v) is 4.99. The minimum absolute atomic E-state index is 0.191. The average molecular weight is 401 g/mol. The predicted molar refractivity (Wildman–Crippen MR) is 96.4 cm³/mol. The summed E-state index contributed by atoms with van der Waals surface area (Å²) in [6.45, 7) is -4.19. The van der Waals surface area contributed by atoms with Crippen molar-refractivity contribution < 1.29 is 40.2 Å². The molecule has 0 spiro atoms. The first-order valence-electron chi connectivity index (χ1n) is 8.41. The first-order chi connectivity index (χ1) is 13.2. The average Bonchev–Trinajstić information content (AvgIpc) is 2.75. The molecule has 1 aromatic rings. The molecule has 158 valence electrons. The lowest BCUT2D eigenvalue weighted by molar-refractivity contribution is -0.0257. The van der Waals surface area contributed by atoms with Crippen molar-refractivity contribution in [3.8, 4) is 0 Å². The number of carbonyl (C=O) groups is 2. The number of nitrogens with zero attached hydrogens (tertiary/aromatic N) is 3. The molecule has 0 saturated carbocycles. The Hall–Kier alpha value is -2.15. The van der Waals surface area contributed by atoms with Gasteiger partial charge < -0.3 is 40.4 Å². The second-order valence-corrected chi connectivity index (χ2v) is 6.53. The number of amides is 2. The van der Waals surface area contributed by atoms with Gasteiger partial charge in [-0.2, -0.15) is 0 Å². The van der Waals surface area contributed by atoms with E-state index in [0.717, 1.165) is 9.80 Å². The van der Waals surface area contributed by atoms with Crippen LogP contribution >= 0.6 is 0 Å². The van der Waals surface area contributed by atoms with Gasteiger partial charge in [0.25, 0.3) is 11.8 Å². The summed E-state index contributed by atoms with van der Waals surface area (Å²) in [6, 6.07) is 4.00. The van der Waals surface area contributed by atoms with Gasteiger partial charge in [0, 0.05) is 14.1 Å². The number of rotatable bonds is 10. The second kappa shape index (κ2) is 9.87. The molecule has 28 heavy (non-hydrogen) atoms. The molecule has 2 amide bonds. The van der Waals surface area contributed by atoms with Gasteiger partial charge in [-0.3, -0.25) is 9.59 Å². The molecule has 0 aliphatic rings. The fraction of sp³-hybridized carbons (Fsp3) is 0.588. The SMILES string of the molecule is CN(C(=O)c1cccc(C(=O)N(C)C(CO)(CO)CO)n1)C(CO)(CO)CO. The quantitative estimate of drug-likeness (QED) is 0.234. The Labute approximate surface area is 162 Å². The summed E-state index contributed by atoms with van der Waals surface area (Å²) in [5, 5.41) is 56.8. The Morgan fingerprint density at radius 2 is 1.04 bits per heavy atom. The van der Waals surface area contributed by atoms with E-state index in [2.05, 4.69) is 4.98 Å². The van der Waals surface area contributed by atoms with Crippen molar-refractivity contribution in [2.45, 2.75) is 11.1 Å². The first kappa shape index (κ1) is 23.9. The highest BCUT2D eigenvalue weighted by Gasteiger charge is 2.38. The van der Waals surface area contributed by atoms with Gasteiger partial charge in [-0.25, -0.2) is 4.98 Å².